The van der Waals surface area contributed by atoms with E-state index in [1.54, 1.807) is 30.3 Å². The topological polar surface area (TPSA) is 89.3 Å². The summed E-state index contributed by atoms with van der Waals surface area (Å²) in [6.45, 7) is 0. The Labute approximate surface area is 173 Å². The molecule has 0 amide bonds. The van der Waals surface area contributed by atoms with E-state index in [2.05, 4.69) is 4.98 Å². The van der Waals surface area contributed by atoms with Gasteiger partial charge in [0.1, 0.15) is 5.15 Å². The molecule has 0 unspecified atom stereocenters. The van der Waals surface area contributed by atoms with Gasteiger partial charge in [-0.2, -0.15) is 0 Å². The third kappa shape index (κ3) is 4.07. The third-order valence-electron chi connectivity index (χ3n) is 3.53. The number of aryl methyl sites for hydroxylation is 1. The molecule has 0 fully saturated rings. The summed E-state index contributed by atoms with van der Waals surface area (Å²) in [5.41, 5.74) is 1.12. The van der Waals surface area contributed by atoms with E-state index in [4.69, 9.17) is 16.7 Å². The van der Waals surface area contributed by atoms with Crippen LogP contribution in [0.25, 0.3) is 11.0 Å². The van der Waals surface area contributed by atoms with Crippen molar-refractivity contribution in [2.45, 2.75) is 17.7 Å². The average molecular weight is 389 g/mol. The molecular weight excluding hydrogens is 375 g/mol. The van der Waals surface area contributed by atoms with E-state index in [0.717, 1.165) is 3.97 Å². The minimum Gasteiger partial charge on any atom is -1.00 e. The predicted octanol–water partition coefficient (Wildman–Crippen LogP) is 0.0604. The van der Waals surface area contributed by atoms with E-state index >= 15 is 0 Å². The van der Waals surface area contributed by atoms with Crippen molar-refractivity contribution in [3.8, 4) is 0 Å². The minimum absolute atomic E-state index is 0. The van der Waals surface area contributed by atoms with Crippen LogP contribution < -0.4 is 29.6 Å². The summed E-state index contributed by atoms with van der Waals surface area (Å²) in [6.07, 6.45) is -0.121. The first kappa shape index (κ1) is 19.9. The molecule has 3 aromatic rings. The maximum atomic E-state index is 13.0. The van der Waals surface area contributed by atoms with Crippen molar-refractivity contribution in [2.75, 3.05) is 0 Å². The molecule has 0 bridgehead atoms. The van der Waals surface area contributed by atoms with Gasteiger partial charge in [-0.05, 0) is 36.8 Å². The SMILES string of the molecule is O=C(O)CCc1cc2nc(Cl)ccc2n1S(=O)(=O)c1ccccc1.[H-].[Na+]. The molecule has 0 atom stereocenters. The number of carboxylic acids is 1. The Morgan fingerprint density at radius 3 is 2.52 bits per heavy atom. The summed E-state index contributed by atoms with van der Waals surface area (Å²) in [6, 6.07) is 12.6. The molecule has 3 rings (SSSR count). The van der Waals surface area contributed by atoms with Gasteiger partial charge in [-0.25, -0.2) is 17.4 Å². The molecule has 1 N–H and O–H groups in total. The third-order valence-corrected chi connectivity index (χ3v) is 5.52. The Morgan fingerprint density at radius 1 is 1.20 bits per heavy atom. The van der Waals surface area contributed by atoms with Crippen LogP contribution in [0.3, 0.4) is 0 Å². The van der Waals surface area contributed by atoms with Gasteiger partial charge in [0.2, 0.25) is 0 Å². The summed E-state index contributed by atoms with van der Waals surface area (Å²) in [5, 5.41) is 9.15. The molecule has 9 heteroatoms. The monoisotopic (exact) mass is 388 g/mol. The number of halogens is 1. The number of fused-ring (bicyclic) bond motifs is 1. The maximum Gasteiger partial charge on any atom is 1.00 e. The fourth-order valence-corrected chi connectivity index (χ4v) is 4.21. The zero-order valence-electron chi connectivity index (χ0n) is 14.4. The molecule has 0 saturated heterocycles. The van der Waals surface area contributed by atoms with Crippen molar-refractivity contribution in [3.63, 3.8) is 0 Å². The van der Waals surface area contributed by atoms with Crippen molar-refractivity contribution in [3.05, 3.63) is 59.4 Å². The van der Waals surface area contributed by atoms with Crippen molar-refractivity contribution < 1.29 is 49.3 Å². The van der Waals surface area contributed by atoms with Gasteiger partial charge in [0.05, 0.1) is 22.3 Å². The molecule has 0 radical (unpaired) electrons. The number of rotatable bonds is 5. The zero-order chi connectivity index (χ0) is 17.3. The summed E-state index contributed by atoms with van der Waals surface area (Å²) < 4.78 is 27.2. The van der Waals surface area contributed by atoms with E-state index in [1.807, 2.05) is 0 Å². The Bertz CT molecular complexity index is 1030. The van der Waals surface area contributed by atoms with Crippen LogP contribution in [0.4, 0.5) is 0 Å². The summed E-state index contributed by atoms with van der Waals surface area (Å²) in [4.78, 5) is 15.1. The Balaban J connectivity index is 0.00000169. The summed E-state index contributed by atoms with van der Waals surface area (Å²) in [7, 11) is -3.87. The summed E-state index contributed by atoms with van der Waals surface area (Å²) in [5.74, 6) is -1.00. The number of aromatic nitrogens is 2. The molecule has 0 aliphatic rings. The molecule has 1 aromatic carbocycles. The number of hydrogen-bond acceptors (Lipinski definition) is 4. The van der Waals surface area contributed by atoms with E-state index in [1.165, 1.54) is 18.2 Å². The molecule has 0 spiro atoms. The smallest absolute Gasteiger partial charge is 1.00 e. The first-order chi connectivity index (χ1) is 11.4. The van der Waals surface area contributed by atoms with Gasteiger partial charge in [0.15, 0.2) is 0 Å². The van der Waals surface area contributed by atoms with Gasteiger partial charge in [0.25, 0.3) is 10.0 Å². The molecule has 25 heavy (non-hydrogen) atoms. The number of carbonyl (C=O) groups is 1. The van der Waals surface area contributed by atoms with E-state index in [-0.39, 0.29) is 53.9 Å². The quantitative estimate of drug-likeness (QED) is 0.493. The number of nitrogens with zero attached hydrogens (tertiary/aromatic N) is 2. The zero-order valence-corrected chi connectivity index (χ0v) is 17.0. The fraction of sp³-hybridized carbons (Fsp3) is 0.125. The van der Waals surface area contributed by atoms with Crippen LogP contribution in [-0.4, -0.2) is 28.5 Å². The van der Waals surface area contributed by atoms with Crippen LogP contribution in [0.1, 0.15) is 13.5 Å². The van der Waals surface area contributed by atoms with Crippen LogP contribution in [0.2, 0.25) is 5.15 Å². The number of aliphatic carboxylic acids is 1. The number of pyridine rings is 1. The number of benzene rings is 1. The van der Waals surface area contributed by atoms with E-state index in [0.29, 0.717) is 16.7 Å². The second-order valence-corrected chi connectivity index (χ2v) is 7.32. The second-order valence-electron chi connectivity index (χ2n) is 5.15. The Hall–Kier alpha value is -1.38. The Kier molecular flexibility index (Phi) is 6.29. The van der Waals surface area contributed by atoms with Crippen molar-refractivity contribution in [1.29, 1.82) is 0 Å². The largest absolute Gasteiger partial charge is 1.00 e. The van der Waals surface area contributed by atoms with E-state index in [9.17, 15) is 13.2 Å². The standard InChI is InChI=1S/C16H13ClN2O4S.Na.H/c17-15-8-7-14-13(18-15)10-11(6-9-16(20)21)19(14)24(22,23)12-4-2-1-3-5-12;;/h1-5,7-8,10H,6,9H2,(H,20,21);;/q;+1;-1. The number of carboxylic acid groups (broad SMARTS) is 1. The molecule has 6 nitrogen and oxygen atoms in total. The maximum absolute atomic E-state index is 13.0. The van der Waals surface area contributed by atoms with Crippen LogP contribution in [0.5, 0.6) is 0 Å². The van der Waals surface area contributed by atoms with Gasteiger partial charge >= 0.3 is 35.5 Å². The second kappa shape index (κ2) is 7.88. The van der Waals surface area contributed by atoms with Gasteiger partial charge < -0.3 is 6.53 Å². The van der Waals surface area contributed by atoms with Crippen LogP contribution in [0, 0.1) is 0 Å². The predicted molar refractivity (Wildman–Crippen MR) is 90.8 cm³/mol. The molecule has 0 aliphatic carbocycles. The first-order valence-corrected chi connectivity index (χ1v) is 8.91. The van der Waals surface area contributed by atoms with Gasteiger partial charge in [-0.15, -0.1) is 0 Å². The minimum atomic E-state index is -3.87. The average Bonchev–Trinajstić information content (AvgIpc) is 2.91. The fourth-order valence-electron chi connectivity index (χ4n) is 2.48. The normalized spacial score (nSPS) is 11.2. The molecular formula is C16H14ClN2NaO4S. The van der Waals surface area contributed by atoms with Gasteiger partial charge in [-0.3, -0.25) is 4.79 Å². The summed E-state index contributed by atoms with van der Waals surface area (Å²) >= 11 is 5.88. The van der Waals surface area contributed by atoms with Gasteiger partial charge in [-0.1, -0.05) is 29.8 Å². The molecule has 126 valence electrons. The number of hydrogen-bond donors (Lipinski definition) is 1. The first-order valence-electron chi connectivity index (χ1n) is 7.09. The molecule has 2 aromatic heterocycles. The van der Waals surface area contributed by atoms with Crippen LogP contribution in [0.15, 0.2) is 53.4 Å². The molecule has 2 heterocycles. The molecule has 0 saturated carbocycles. The Morgan fingerprint density at radius 2 is 1.88 bits per heavy atom. The van der Waals surface area contributed by atoms with Crippen LogP contribution in [-0.2, 0) is 21.2 Å². The van der Waals surface area contributed by atoms with Crippen molar-refractivity contribution in [2.24, 2.45) is 0 Å². The molecule has 0 aliphatic heterocycles. The van der Waals surface area contributed by atoms with E-state index < -0.39 is 16.0 Å². The van der Waals surface area contributed by atoms with Crippen LogP contribution >= 0.6 is 11.6 Å². The van der Waals surface area contributed by atoms with Crippen molar-refractivity contribution >= 4 is 38.6 Å². The van der Waals surface area contributed by atoms with Crippen molar-refractivity contribution in [1.82, 2.24) is 8.96 Å². The van der Waals surface area contributed by atoms with Gasteiger partial charge in [0, 0.05) is 5.69 Å².